The first kappa shape index (κ1) is 11.8. The minimum atomic E-state index is 0.264. The number of nitrogens with one attached hydrogen (secondary N) is 1. The summed E-state index contributed by atoms with van der Waals surface area (Å²) in [6.07, 6.45) is 5.47. The third-order valence-corrected chi connectivity index (χ3v) is 4.82. The van der Waals surface area contributed by atoms with E-state index in [9.17, 15) is 0 Å². The average Bonchev–Trinajstić information content (AvgIpc) is 3.04. The molecule has 0 amide bonds. The second-order valence-electron chi connectivity index (χ2n) is 4.58. The molecule has 1 aliphatic rings. The number of benzene rings is 1. The standard InChI is InChI=1S/C14H16N2OS/c15-16-12(7-10-5-6-17-9-10)14-8-11-3-1-2-4-13(11)18-14/h1-6,9,12,14,16H,7-8,15H2. The van der Waals surface area contributed by atoms with Crippen LogP contribution in [0.4, 0.5) is 0 Å². The largest absolute Gasteiger partial charge is 0.472 e. The van der Waals surface area contributed by atoms with E-state index >= 15 is 0 Å². The third kappa shape index (κ3) is 2.32. The van der Waals surface area contributed by atoms with Gasteiger partial charge in [0.25, 0.3) is 0 Å². The number of hydrogen-bond donors (Lipinski definition) is 2. The zero-order chi connectivity index (χ0) is 12.4. The van der Waals surface area contributed by atoms with Gasteiger partial charge < -0.3 is 4.42 Å². The molecule has 0 saturated heterocycles. The first-order chi connectivity index (χ1) is 8.86. The molecule has 0 bridgehead atoms. The number of furan rings is 1. The Morgan fingerprint density at radius 3 is 3.00 bits per heavy atom. The normalized spacial score (nSPS) is 19.7. The van der Waals surface area contributed by atoms with E-state index in [1.165, 1.54) is 16.0 Å². The van der Waals surface area contributed by atoms with Crippen LogP contribution in [0.2, 0.25) is 0 Å². The second kappa shape index (κ2) is 5.18. The molecule has 0 radical (unpaired) electrons. The topological polar surface area (TPSA) is 51.2 Å². The molecule has 1 aliphatic heterocycles. The summed E-state index contributed by atoms with van der Waals surface area (Å²) < 4.78 is 5.11. The molecule has 4 heteroatoms. The summed E-state index contributed by atoms with van der Waals surface area (Å²) >= 11 is 1.92. The van der Waals surface area contributed by atoms with Crippen molar-refractivity contribution < 1.29 is 4.42 Å². The van der Waals surface area contributed by atoms with Crippen LogP contribution >= 0.6 is 11.8 Å². The molecular weight excluding hydrogens is 244 g/mol. The van der Waals surface area contributed by atoms with Gasteiger partial charge in [-0.2, -0.15) is 0 Å². The molecule has 3 nitrogen and oxygen atoms in total. The maximum absolute atomic E-state index is 5.71. The minimum Gasteiger partial charge on any atom is -0.472 e. The Labute approximate surface area is 111 Å². The number of hydrazine groups is 1. The van der Waals surface area contributed by atoms with Crippen LogP contribution in [0.15, 0.2) is 52.2 Å². The van der Waals surface area contributed by atoms with E-state index in [1.807, 2.05) is 17.8 Å². The van der Waals surface area contributed by atoms with Crippen LogP contribution < -0.4 is 11.3 Å². The predicted molar refractivity (Wildman–Crippen MR) is 73.3 cm³/mol. The van der Waals surface area contributed by atoms with E-state index in [0.29, 0.717) is 5.25 Å². The van der Waals surface area contributed by atoms with Gasteiger partial charge in [0, 0.05) is 16.2 Å². The van der Waals surface area contributed by atoms with Crippen LogP contribution in [-0.2, 0) is 12.8 Å². The van der Waals surface area contributed by atoms with Crippen LogP contribution in [0, 0.1) is 0 Å². The van der Waals surface area contributed by atoms with Gasteiger partial charge in [-0.05, 0) is 36.1 Å². The Hall–Kier alpha value is -1.23. The maximum atomic E-state index is 5.71. The van der Waals surface area contributed by atoms with Gasteiger partial charge in [-0.3, -0.25) is 11.3 Å². The SMILES string of the molecule is NNC(Cc1ccoc1)C1Cc2ccccc2S1. The minimum absolute atomic E-state index is 0.264. The summed E-state index contributed by atoms with van der Waals surface area (Å²) in [4.78, 5) is 1.38. The van der Waals surface area contributed by atoms with E-state index < -0.39 is 0 Å². The van der Waals surface area contributed by atoms with Crippen LogP contribution in [0.1, 0.15) is 11.1 Å². The summed E-state index contributed by atoms with van der Waals surface area (Å²) in [5, 5.41) is 0.488. The van der Waals surface area contributed by atoms with Crippen molar-refractivity contribution in [1.82, 2.24) is 5.43 Å². The van der Waals surface area contributed by atoms with Crippen LogP contribution in [0.25, 0.3) is 0 Å². The van der Waals surface area contributed by atoms with Crippen molar-refractivity contribution in [2.24, 2.45) is 5.84 Å². The van der Waals surface area contributed by atoms with Crippen molar-refractivity contribution >= 4 is 11.8 Å². The molecule has 1 aromatic carbocycles. The molecule has 18 heavy (non-hydrogen) atoms. The highest BCUT2D eigenvalue weighted by Crippen LogP contribution is 2.38. The molecule has 3 N–H and O–H groups in total. The van der Waals surface area contributed by atoms with Gasteiger partial charge in [0.2, 0.25) is 0 Å². The summed E-state index contributed by atoms with van der Waals surface area (Å²) in [6, 6.07) is 10.8. The number of nitrogens with two attached hydrogens (primary N) is 1. The Morgan fingerprint density at radius 2 is 2.28 bits per heavy atom. The van der Waals surface area contributed by atoms with Crippen LogP contribution in [0.5, 0.6) is 0 Å². The predicted octanol–water partition coefficient (Wildman–Crippen LogP) is 2.37. The Balaban J connectivity index is 1.71. The van der Waals surface area contributed by atoms with Crippen molar-refractivity contribution in [3.8, 4) is 0 Å². The van der Waals surface area contributed by atoms with E-state index in [2.05, 4.69) is 29.7 Å². The average molecular weight is 260 g/mol. The first-order valence-electron chi connectivity index (χ1n) is 6.08. The van der Waals surface area contributed by atoms with Crippen LogP contribution in [-0.4, -0.2) is 11.3 Å². The summed E-state index contributed by atoms with van der Waals surface area (Å²) in [5.41, 5.74) is 5.57. The van der Waals surface area contributed by atoms with E-state index in [-0.39, 0.29) is 6.04 Å². The molecule has 1 aromatic heterocycles. The monoisotopic (exact) mass is 260 g/mol. The lowest BCUT2D eigenvalue weighted by Gasteiger charge is -2.21. The van der Waals surface area contributed by atoms with Crippen molar-refractivity contribution in [2.75, 3.05) is 0 Å². The molecule has 0 aliphatic carbocycles. The number of rotatable bonds is 4. The van der Waals surface area contributed by atoms with Gasteiger partial charge in [-0.1, -0.05) is 18.2 Å². The van der Waals surface area contributed by atoms with E-state index in [4.69, 9.17) is 10.3 Å². The van der Waals surface area contributed by atoms with Gasteiger partial charge in [0.05, 0.1) is 12.5 Å². The molecule has 3 rings (SSSR count). The fourth-order valence-electron chi connectivity index (χ4n) is 2.39. The fraction of sp³-hybridized carbons (Fsp3) is 0.286. The molecule has 2 atom stereocenters. The quantitative estimate of drug-likeness (QED) is 0.654. The zero-order valence-corrected chi connectivity index (χ0v) is 10.8. The molecule has 0 fully saturated rings. The summed E-state index contributed by atoms with van der Waals surface area (Å²) in [6.45, 7) is 0. The van der Waals surface area contributed by atoms with Gasteiger partial charge in [0.1, 0.15) is 0 Å². The highest BCUT2D eigenvalue weighted by molar-refractivity contribution is 8.00. The lowest BCUT2D eigenvalue weighted by molar-refractivity contribution is 0.501. The van der Waals surface area contributed by atoms with Crippen molar-refractivity contribution in [3.63, 3.8) is 0 Å². The molecular formula is C14H16N2OS. The smallest absolute Gasteiger partial charge is 0.0935 e. The Morgan fingerprint density at radius 1 is 1.39 bits per heavy atom. The van der Waals surface area contributed by atoms with Gasteiger partial charge in [-0.15, -0.1) is 11.8 Å². The molecule has 0 saturated carbocycles. The highest BCUT2D eigenvalue weighted by atomic mass is 32.2. The number of hydrogen-bond acceptors (Lipinski definition) is 4. The van der Waals surface area contributed by atoms with Crippen molar-refractivity contribution in [3.05, 3.63) is 54.0 Å². The number of thioether (sulfide) groups is 1. The molecule has 2 heterocycles. The summed E-state index contributed by atoms with van der Waals surface area (Å²) in [5.74, 6) is 5.71. The molecule has 2 aromatic rings. The molecule has 0 spiro atoms. The highest BCUT2D eigenvalue weighted by Gasteiger charge is 2.28. The Kier molecular flexibility index (Phi) is 3.41. The molecule has 94 valence electrons. The third-order valence-electron chi connectivity index (χ3n) is 3.37. The van der Waals surface area contributed by atoms with Gasteiger partial charge >= 0.3 is 0 Å². The zero-order valence-electron chi connectivity index (χ0n) is 10.0. The first-order valence-corrected chi connectivity index (χ1v) is 6.96. The van der Waals surface area contributed by atoms with E-state index in [0.717, 1.165) is 12.8 Å². The second-order valence-corrected chi connectivity index (χ2v) is 5.86. The lowest BCUT2D eigenvalue weighted by Crippen LogP contribution is -2.44. The molecule has 2 unspecified atom stereocenters. The number of fused-ring (bicyclic) bond motifs is 1. The van der Waals surface area contributed by atoms with E-state index in [1.54, 1.807) is 12.5 Å². The van der Waals surface area contributed by atoms with Crippen molar-refractivity contribution in [1.29, 1.82) is 0 Å². The van der Waals surface area contributed by atoms with Crippen molar-refractivity contribution in [2.45, 2.75) is 29.0 Å². The lowest BCUT2D eigenvalue weighted by atomic mass is 10.0. The summed E-state index contributed by atoms with van der Waals surface area (Å²) in [7, 11) is 0. The fourth-order valence-corrected chi connectivity index (χ4v) is 3.78. The van der Waals surface area contributed by atoms with Gasteiger partial charge in [0.15, 0.2) is 0 Å². The van der Waals surface area contributed by atoms with Crippen LogP contribution in [0.3, 0.4) is 0 Å². The van der Waals surface area contributed by atoms with Gasteiger partial charge in [-0.25, -0.2) is 0 Å². The Bertz CT molecular complexity index is 485. The maximum Gasteiger partial charge on any atom is 0.0935 e.